The third-order valence-electron chi connectivity index (χ3n) is 4.01. The third-order valence-corrected chi connectivity index (χ3v) is 4.70. The lowest BCUT2D eigenvalue weighted by Crippen LogP contribution is -2.32. The lowest BCUT2D eigenvalue weighted by atomic mass is 9.89. The van der Waals surface area contributed by atoms with Crippen LogP contribution in [0, 0.1) is 5.92 Å². The van der Waals surface area contributed by atoms with Crippen molar-refractivity contribution < 1.29 is 9.53 Å². The van der Waals surface area contributed by atoms with Crippen LogP contribution in [-0.2, 0) is 0 Å². The minimum absolute atomic E-state index is 0.0568. The lowest BCUT2D eigenvalue weighted by molar-refractivity contribution is 0.0759. The number of nitrogens with zero attached hydrogens (tertiary/aromatic N) is 1. The number of rotatable bonds is 4. The van der Waals surface area contributed by atoms with Crippen LogP contribution < -0.4 is 4.74 Å². The summed E-state index contributed by atoms with van der Waals surface area (Å²) in [5.74, 6) is 1.42. The number of carbonyl (C=O) groups is 1. The number of methoxy groups -OCH3 is 1. The van der Waals surface area contributed by atoms with E-state index in [4.69, 9.17) is 4.74 Å². The van der Waals surface area contributed by atoms with Crippen molar-refractivity contribution in [2.24, 2.45) is 5.92 Å². The van der Waals surface area contributed by atoms with Crippen LogP contribution >= 0.6 is 15.9 Å². The van der Waals surface area contributed by atoms with Crippen molar-refractivity contribution in [1.82, 2.24) is 4.90 Å². The van der Waals surface area contributed by atoms with Crippen LogP contribution in [0.4, 0.5) is 0 Å². The van der Waals surface area contributed by atoms with E-state index in [0.29, 0.717) is 17.2 Å². The van der Waals surface area contributed by atoms with E-state index in [1.54, 1.807) is 13.2 Å². The van der Waals surface area contributed by atoms with Gasteiger partial charge in [-0.15, -0.1) is 0 Å². The molecule has 110 valence electrons. The summed E-state index contributed by atoms with van der Waals surface area (Å²) in [6.45, 7) is 0.850. The molecule has 0 aliphatic heterocycles. The second-order valence-electron chi connectivity index (χ2n) is 5.54. The van der Waals surface area contributed by atoms with E-state index < -0.39 is 0 Å². The molecule has 0 radical (unpaired) electrons. The zero-order chi connectivity index (χ0) is 14.5. The Hall–Kier alpha value is -1.03. The zero-order valence-corrected chi connectivity index (χ0v) is 13.8. The van der Waals surface area contributed by atoms with Gasteiger partial charge in [-0.25, -0.2) is 0 Å². The van der Waals surface area contributed by atoms with Crippen LogP contribution in [0.5, 0.6) is 5.75 Å². The number of ether oxygens (including phenoxy) is 1. The molecule has 3 nitrogen and oxygen atoms in total. The smallest absolute Gasteiger partial charge is 0.254 e. The Morgan fingerprint density at radius 2 is 2.05 bits per heavy atom. The van der Waals surface area contributed by atoms with Gasteiger partial charge >= 0.3 is 0 Å². The minimum atomic E-state index is 0.0568. The summed E-state index contributed by atoms with van der Waals surface area (Å²) in [5, 5.41) is 0. The Morgan fingerprint density at radius 3 is 2.70 bits per heavy atom. The van der Waals surface area contributed by atoms with Gasteiger partial charge in [0.05, 0.1) is 12.7 Å². The molecule has 0 saturated heterocycles. The molecule has 0 spiro atoms. The van der Waals surface area contributed by atoms with Crippen LogP contribution in [0.3, 0.4) is 0 Å². The summed E-state index contributed by atoms with van der Waals surface area (Å²) in [6.07, 6.45) is 6.44. The van der Waals surface area contributed by atoms with Crippen molar-refractivity contribution in [3.8, 4) is 5.75 Å². The summed E-state index contributed by atoms with van der Waals surface area (Å²) >= 11 is 3.45. The SMILES string of the molecule is COc1ccc(Br)c(C(=O)N(C)CC2CCCCC2)c1. The molecular formula is C16H22BrNO2. The van der Waals surface area contributed by atoms with E-state index >= 15 is 0 Å². The molecule has 0 bridgehead atoms. The second kappa shape index (κ2) is 7.11. The molecule has 1 aromatic rings. The third kappa shape index (κ3) is 3.75. The maximum atomic E-state index is 12.5. The number of halogens is 1. The van der Waals surface area contributed by atoms with Gasteiger partial charge in [0.15, 0.2) is 0 Å². The predicted octanol–water partition coefficient (Wildman–Crippen LogP) is 4.11. The van der Waals surface area contributed by atoms with E-state index in [9.17, 15) is 4.79 Å². The normalized spacial score (nSPS) is 15.9. The van der Waals surface area contributed by atoms with Gasteiger partial charge in [0.1, 0.15) is 5.75 Å². The fraction of sp³-hybridized carbons (Fsp3) is 0.562. The highest BCUT2D eigenvalue weighted by atomic mass is 79.9. The highest BCUT2D eigenvalue weighted by Crippen LogP contribution is 2.26. The molecule has 4 heteroatoms. The molecule has 1 amide bonds. The highest BCUT2D eigenvalue weighted by molar-refractivity contribution is 9.10. The molecule has 20 heavy (non-hydrogen) atoms. The quantitative estimate of drug-likeness (QED) is 0.826. The molecule has 1 aliphatic rings. The molecule has 2 rings (SSSR count). The van der Waals surface area contributed by atoms with E-state index in [2.05, 4.69) is 15.9 Å². The number of benzene rings is 1. The molecule has 0 atom stereocenters. The Morgan fingerprint density at radius 1 is 1.35 bits per heavy atom. The van der Waals surface area contributed by atoms with E-state index in [-0.39, 0.29) is 5.91 Å². The summed E-state index contributed by atoms with van der Waals surface area (Å²) in [7, 11) is 3.51. The lowest BCUT2D eigenvalue weighted by Gasteiger charge is -2.27. The Balaban J connectivity index is 2.05. The van der Waals surface area contributed by atoms with Gasteiger partial charge in [-0.3, -0.25) is 4.79 Å². The number of amides is 1. The number of hydrogen-bond donors (Lipinski definition) is 0. The van der Waals surface area contributed by atoms with Gasteiger partial charge in [0.25, 0.3) is 5.91 Å². The van der Waals surface area contributed by atoms with Crippen molar-refractivity contribution in [3.63, 3.8) is 0 Å². The zero-order valence-electron chi connectivity index (χ0n) is 12.2. The fourth-order valence-electron chi connectivity index (χ4n) is 2.84. The van der Waals surface area contributed by atoms with E-state index in [0.717, 1.165) is 11.0 Å². The van der Waals surface area contributed by atoms with Gasteiger partial charge in [0.2, 0.25) is 0 Å². The van der Waals surface area contributed by atoms with Crippen LogP contribution in [0.15, 0.2) is 22.7 Å². The molecule has 1 aliphatic carbocycles. The summed E-state index contributed by atoms with van der Waals surface area (Å²) in [6, 6.07) is 5.51. The van der Waals surface area contributed by atoms with E-state index in [1.165, 1.54) is 32.1 Å². The highest BCUT2D eigenvalue weighted by Gasteiger charge is 2.20. The average molecular weight is 340 g/mol. The summed E-state index contributed by atoms with van der Waals surface area (Å²) in [4.78, 5) is 14.4. The van der Waals surface area contributed by atoms with Gasteiger partial charge in [0, 0.05) is 18.1 Å². The Labute approximate surface area is 129 Å². The second-order valence-corrected chi connectivity index (χ2v) is 6.39. The monoisotopic (exact) mass is 339 g/mol. The molecule has 0 heterocycles. The van der Waals surface area contributed by atoms with Gasteiger partial charge < -0.3 is 9.64 Å². The van der Waals surface area contributed by atoms with Gasteiger partial charge in [-0.1, -0.05) is 19.3 Å². The average Bonchev–Trinajstić information content (AvgIpc) is 2.48. The van der Waals surface area contributed by atoms with Crippen LogP contribution in [0.2, 0.25) is 0 Å². The molecule has 1 aromatic carbocycles. The molecule has 1 fully saturated rings. The van der Waals surface area contributed by atoms with Gasteiger partial charge in [-0.2, -0.15) is 0 Å². The largest absolute Gasteiger partial charge is 0.497 e. The van der Waals surface area contributed by atoms with E-state index in [1.807, 2.05) is 24.1 Å². The van der Waals surface area contributed by atoms with Crippen molar-refractivity contribution in [3.05, 3.63) is 28.2 Å². The van der Waals surface area contributed by atoms with Crippen molar-refractivity contribution >= 4 is 21.8 Å². The van der Waals surface area contributed by atoms with Crippen molar-refractivity contribution in [1.29, 1.82) is 0 Å². The first-order valence-corrected chi connectivity index (χ1v) is 8.00. The summed E-state index contributed by atoms with van der Waals surface area (Å²) < 4.78 is 6.02. The minimum Gasteiger partial charge on any atom is -0.497 e. The standard InChI is InChI=1S/C16H22BrNO2/c1-18(11-12-6-4-3-5-7-12)16(19)14-10-13(20-2)8-9-15(14)17/h8-10,12H,3-7,11H2,1-2H3. The fourth-order valence-corrected chi connectivity index (χ4v) is 3.26. The van der Waals surface area contributed by atoms with Crippen LogP contribution in [0.1, 0.15) is 42.5 Å². The maximum Gasteiger partial charge on any atom is 0.254 e. The topological polar surface area (TPSA) is 29.5 Å². The summed E-state index contributed by atoms with van der Waals surface area (Å²) in [5.41, 5.74) is 0.669. The molecule has 0 N–H and O–H groups in total. The molecule has 0 aromatic heterocycles. The number of hydrogen-bond acceptors (Lipinski definition) is 2. The van der Waals surface area contributed by atoms with Crippen LogP contribution in [-0.4, -0.2) is 31.5 Å². The van der Waals surface area contributed by atoms with Crippen molar-refractivity contribution in [2.45, 2.75) is 32.1 Å². The molecule has 0 unspecified atom stereocenters. The predicted molar refractivity (Wildman–Crippen MR) is 84.2 cm³/mol. The van der Waals surface area contributed by atoms with Gasteiger partial charge in [-0.05, 0) is 52.9 Å². The molecule has 1 saturated carbocycles. The first-order chi connectivity index (χ1) is 9.61. The Kier molecular flexibility index (Phi) is 5.46. The Bertz CT molecular complexity index is 470. The first-order valence-electron chi connectivity index (χ1n) is 7.21. The van der Waals surface area contributed by atoms with Crippen LogP contribution in [0.25, 0.3) is 0 Å². The first kappa shape index (κ1) is 15.4. The van der Waals surface area contributed by atoms with Crippen molar-refractivity contribution in [2.75, 3.05) is 20.7 Å². The maximum absolute atomic E-state index is 12.5. The number of carbonyl (C=O) groups excluding carboxylic acids is 1. The molecular weight excluding hydrogens is 318 g/mol.